The zero-order chi connectivity index (χ0) is 5.82. The molecule has 0 saturated heterocycles. The van der Waals surface area contributed by atoms with Gasteiger partial charge in [-0.1, -0.05) is 0 Å². The van der Waals surface area contributed by atoms with Gasteiger partial charge in [0.15, 0.2) is 0 Å². The molecule has 2 heteroatoms. The summed E-state index contributed by atoms with van der Waals surface area (Å²) in [5.41, 5.74) is 1.15. The van der Waals surface area contributed by atoms with Crippen molar-refractivity contribution in [1.82, 2.24) is 0 Å². The van der Waals surface area contributed by atoms with Gasteiger partial charge in [0.25, 0.3) is 0 Å². The van der Waals surface area contributed by atoms with Crippen LogP contribution in [0, 0.1) is 6.08 Å². The van der Waals surface area contributed by atoms with Gasteiger partial charge in [-0.2, -0.15) is 6.08 Å². The number of aliphatic hydroxyl groups is 1. The summed E-state index contributed by atoms with van der Waals surface area (Å²) < 4.78 is 0. The fourth-order valence-corrected chi connectivity index (χ4v) is 0.742. The van der Waals surface area contributed by atoms with Crippen LogP contribution in [0.5, 0.6) is 0 Å². The predicted molar refractivity (Wildman–Crippen MR) is 32.2 cm³/mol. The predicted octanol–water partition coefficient (Wildman–Crippen LogP) is 1.06. The Morgan fingerprint density at radius 1 is 1.67 bits per heavy atom. The average Bonchev–Trinajstić information content (AvgIpc) is 2.19. The molecule has 0 radical (unpaired) electrons. The average molecular weight is 200 g/mol. The summed E-state index contributed by atoms with van der Waals surface area (Å²) in [6, 6.07) is 0. The summed E-state index contributed by atoms with van der Waals surface area (Å²) >= 11 is 0. The van der Waals surface area contributed by atoms with Crippen LogP contribution in [-0.4, -0.2) is 11.7 Å². The third-order valence-corrected chi connectivity index (χ3v) is 1.15. The smallest absolute Gasteiger partial charge is 0.0442 e. The molecule has 0 bridgehead atoms. The van der Waals surface area contributed by atoms with Crippen molar-refractivity contribution < 1.29 is 31.3 Å². The molecule has 0 saturated carbocycles. The second-order valence-corrected chi connectivity index (χ2v) is 1.78. The maximum absolute atomic E-state index is 8.43. The number of allylic oxidation sites excluding steroid dienone is 3. The molecule has 9 heavy (non-hydrogen) atoms. The van der Waals surface area contributed by atoms with Crippen LogP contribution >= 0.6 is 0 Å². The quantitative estimate of drug-likeness (QED) is 0.661. The molecular weight excluding hydrogens is 191 g/mol. The van der Waals surface area contributed by atoms with E-state index >= 15 is 0 Å². The van der Waals surface area contributed by atoms with E-state index in [-0.39, 0.29) is 32.8 Å². The van der Waals surface area contributed by atoms with Gasteiger partial charge in [-0.15, -0.1) is 6.42 Å². The summed E-state index contributed by atoms with van der Waals surface area (Å²) in [4.78, 5) is 0. The van der Waals surface area contributed by atoms with E-state index in [4.69, 9.17) is 5.11 Å². The van der Waals surface area contributed by atoms with Gasteiger partial charge >= 0.3 is 0 Å². The van der Waals surface area contributed by atoms with E-state index in [0.717, 1.165) is 18.4 Å². The molecule has 0 spiro atoms. The minimum absolute atomic E-state index is 0. The Morgan fingerprint density at radius 2 is 2.44 bits per heavy atom. The van der Waals surface area contributed by atoms with E-state index in [2.05, 4.69) is 6.08 Å². The SMILES string of the molecule is OCCC1=[C-]CC=C1.[Zr]. The fraction of sp³-hybridized carbons (Fsp3) is 0.429. The van der Waals surface area contributed by atoms with Crippen LogP contribution in [0.25, 0.3) is 0 Å². The minimum atomic E-state index is 0. The Balaban J connectivity index is 0.000000640. The molecule has 1 N–H and O–H groups in total. The molecule has 0 aliphatic heterocycles. The number of hydrogen-bond donors (Lipinski definition) is 1. The molecule has 0 heterocycles. The number of aliphatic hydroxyl groups excluding tert-OH is 1. The van der Waals surface area contributed by atoms with E-state index < -0.39 is 0 Å². The second kappa shape index (κ2) is 5.14. The molecule has 1 nitrogen and oxygen atoms in total. The largest absolute Gasteiger partial charge is 0.396 e. The molecule has 0 unspecified atom stereocenters. The van der Waals surface area contributed by atoms with Crippen LogP contribution in [0.1, 0.15) is 12.8 Å². The van der Waals surface area contributed by atoms with Gasteiger partial charge in [0.1, 0.15) is 0 Å². The number of hydrogen-bond acceptors (Lipinski definition) is 1. The first kappa shape index (κ1) is 9.32. The van der Waals surface area contributed by atoms with Crippen molar-refractivity contribution in [3.63, 3.8) is 0 Å². The summed E-state index contributed by atoms with van der Waals surface area (Å²) in [6.45, 7) is 0.243. The third-order valence-electron chi connectivity index (χ3n) is 1.15. The summed E-state index contributed by atoms with van der Waals surface area (Å²) in [7, 11) is 0. The molecule has 48 valence electrons. The van der Waals surface area contributed by atoms with Gasteiger partial charge in [0.05, 0.1) is 0 Å². The molecule has 0 atom stereocenters. The van der Waals surface area contributed by atoms with Crippen molar-refractivity contribution in [3.8, 4) is 0 Å². The van der Waals surface area contributed by atoms with Crippen LogP contribution in [-0.2, 0) is 26.2 Å². The third kappa shape index (κ3) is 3.12. The normalized spacial score (nSPS) is 15.0. The van der Waals surface area contributed by atoms with E-state index in [1.807, 2.05) is 12.2 Å². The minimum Gasteiger partial charge on any atom is -0.396 e. The van der Waals surface area contributed by atoms with Gasteiger partial charge in [-0.3, -0.25) is 6.08 Å². The van der Waals surface area contributed by atoms with Crippen molar-refractivity contribution in [3.05, 3.63) is 23.8 Å². The monoisotopic (exact) mass is 199 g/mol. The van der Waals surface area contributed by atoms with Crippen LogP contribution < -0.4 is 0 Å². The fourth-order valence-electron chi connectivity index (χ4n) is 0.742. The summed E-state index contributed by atoms with van der Waals surface area (Å²) in [5, 5.41) is 8.43. The topological polar surface area (TPSA) is 20.2 Å². The maximum Gasteiger partial charge on any atom is 0.0442 e. The van der Waals surface area contributed by atoms with Crippen molar-refractivity contribution in [2.75, 3.05) is 6.61 Å². The van der Waals surface area contributed by atoms with Gasteiger partial charge in [0.2, 0.25) is 0 Å². The standard InChI is InChI=1S/C7H9O.Zr/c8-6-5-7-3-1-2-4-7;/h1,3,8H,2,5-6H2;/q-1;. The van der Waals surface area contributed by atoms with Gasteiger partial charge in [-0.25, -0.2) is 11.6 Å². The molecule has 1 aliphatic rings. The Bertz CT molecular complexity index is 127. The van der Waals surface area contributed by atoms with E-state index in [0.29, 0.717) is 0 Å². The summed E-state index contributed by atoms with van der Waals surface area (Å²) in [5.74, 6) is 0. The van der Waals surface area contributed by atoms with Crippen LogP contribution in [0.2, 0.25) is 0 Å². The first-order chi connectivity index (χ1) is 3.93. The zero-order valence-corrected chi connectivity index (χ0v) is 7.68. The number of rotatable bonds is 2. The molecule has 0 fully saturated rings. The first-order valence-corrected chi connectivity index (χ1v) is 2.80. The molecular formula is C7H9OZr-. The Kier molecular flexibility index (Phi) is 5.32. The van der Waals surface area contributed by atoms with Crippen molar-refractivity contribution in [1.29, 1.82) is 0 Å². The van der Waals surface area contributed by atoms with Crippen molar-refractivity contribution in [2.45, 2.75) is 12.8 Å². The van der Waals surface area contributed by atoms with Gasteiger partial charge < -0.3 is 5.11 Å². The van der Waals surface area contributed by atoms with Crippen LogP contribution in [0.4, 0.5) is 0 Å². The van der Waals surface area contributed by atoms with Crippen molar-refractivity contribution >= 4 is 0 Å². The van der Waals surface area contributed by atoms with Gasteiger partial charge in [-0.05, 0) is 6.42 Å². The molecule has 1 aliphatic carbocycles. The Morgan fingerprint density at radius 3 is 2.89 bits per heavy atom. The first-order valence-electron chi connectivity index (χ1n) is 2.80. The second-order valence-electron chi connectivity index (χ2n) is 1.78. The van der Waals surface area contributed by atoms with Gasteiger partial charge in [0, 0.05) is 32.8 Å². The van der Waals surface area contributed by atoms with E-state index in [1.165, 1.54) is 0 Å². The molecule has 0 amide bonds. The molecule has 0 aromatic heterocycles. The van der Waals surface area contributed by atoms with Crippen LogP contribution in [0.3, 0.4) is 0 Å². The molecule has 0 aromatic carbocycles. The Labute approximate surface area is 74.6 Å². The maximum atomic E-state index is 8.43. The Hall–Kier alpha value is 0.323. The summed E-state index contributed by atoms with van der Waals surface area (Å²) in [6.07, 6.45) is 8.85. The van der Waals surface area contributed by atoms with Crippen molar-refractivity contribution in [2.24, 2.45) is 0 Å². The van der Waals surface area contributed by atoms with Crippen LogP contribution in [0.15, 0.2) is 17.7 Å². The van der Waals surface area contributed by atoms with E-state index in [9.17, 15) is 0 Å². The zero-order valence-electron chi connectivity index (χ0n) is 5.22. The molecule has 0 aromatic rings. The molecule has 1 rings (SSSR count). The van der Waals surface area contributed by atoms with E-state index in [1.54, 1.807) is 0 Å².